The Morgan fingerprint density at radius 2 is 1.77 bits per heavy atom. The van der Waals surface area contributed by atoms with Crippen molar-refractivity contribution in [3.05, 3.63) is 79.7 Å². The summed E-state index contributed by atoms with van der Waals surface area (Å²) in [6, 6.07) is 15.9. The fraction of sp³-hybridized carbons (Fsp3) is 0.261. The maximum absolute atomic E-state index is 11.1. The van der Waals surface area contributed by atoms with Crippen molar-refractivity contribution in [3.8, 4) is 6.07 Å². The molecule has 0 spiro atoms. The highest BCUT2D eigenvalue weighted by molar-refractivity contribution is 7.12. The zero-order valence-corrected chi connectivity index (χ0v) is 18.7. The van der Waals surface area contributed by atoms with Crippen LogP contribution in [0.5, 0.6) is 0 Å². The standard InChI is InChI=1S/C14H13NOS.C9H10O4S/c15-10-14-13(7-9-17-14)6-8-16-11-12-4-2-1-3-5-12;1-2-13-7(10)5-6-3-4-14-8(6)9(11)12/h1-5,7,9H,6,8,11H2;3-4H,2,5H2,1H3,(H,11,12). The van der Waals surface area contributed by atoms with Crippen molar-refractivity contribution in [2.45, 2.75) is 26.4 Å². The molecule has 0 saturated heterocycles. The second kappa shape index (κ2) is 13.3. The minimum atomic E-state index is -1.00. The van der Waals surface area contributed by atoms with Gasteiger partial charge in [-0.15, -0.1) is 22.7 Å². The molecule has 162 valence electrons. The smallest absolute Gasteiger partial charge is 0.346 e. The van der Waals surface area contributed by atoms with Crippen LogP contribution in [-0.2, 0) is 33.7 Å². The molecule has 3 rings (SSSR count). The Bertz CT molecular complexity index is 1000. The molecule has 31 heavy (non-hydrogen) atoms. The molecule has 6 nitrogen and oxygen atoms in total. The summed E-state index contributed by atoms with van der Waals surface area (Å²) in [5, 5.41) is 21.2. The molecule has 0 atom stereocenters. The zero-order valence-electron chi connectivity index (χ0n) is 17.1. The highest BCUT2D eigenvalue weighted by Crippen LogP contribution is 2.18. The summed E-state index contributed by atoms with van der Waals surface area (Å²) < 4.78 is 10.3. The SMILES string of the molecule is CCOC(=O)Cc1ccsc1C(=O)O.N#Cc1sccc1CCOCc1ccccc1. The molecule has 0 bridgehead atoms. The number of esters is 1. The van der Waals surface area contributed by atoms with Gasteiger partial charge in [-0.2, -0.15) is 5.26 Å². The van der Waals surface area contributed by atoms with Crippen LogP contribution in [0.25, 0.3) is 0 Å². The number of benzene rings is 1. The fourth-order valence-electron chi connectivity index (χ4n) is 2.61. The molecule has 0 unspecified atom stereocenters. The fourth-order valence-corrected chi connectivity index (χ4v) is 4.11. The first kappa shape index (κ1) is 24.3. The molecule has 0 radical (unpaired) electrons. The topological polar surface area (TPSA) is 96.6 Å². The van der Waals surface area contributed by atoms with E-state index in [0.717, 1.165) is 28.2 Å². The Kier molecular flexibility index (Phi) is 10.4. The Hall–Kier alpha value is -2.99. The van der Waals surface area contributed by atoms with E-state index in [0.29, 0.717) is 25.4 Å². The lowest BCUT2D eigenvalue weighted by Crippen LogP contribution is -2.09. The molecule has 3 aromatic rings. The highest BCUT2D eigenvalue weighted by atomic mass is 32.1. The van der Waals surface area contributed by atoms with Crippen molar-refractivity contribution in [3.63, 3.8) is 0 Å². The number of carboxylic acids is 1. The number of hydrogen-bond acceptors (Lipinski definition) is 7. The van der Waals surface area contributed by atoms with Crippen LogP contribution >= 0.6 is 22.7 Å². The molecule has 0 aliphatic rings. The van der Waals surface area contributed by atoms with Crippen LogP contribution in [0.4, 0.5) is 0 Å². The maximum atomic E-state index is 11.1. The quantitative estimate of drug-likeness (QED) is 0.361. The molecule has 0 aliphatic heterocycles. The van der Waals surface area contributed by atoms with Crippen molar-refractivity contribution in [1.82, 2.24) is 0 Å². The summed E-state index contributed by atoms with van der Waals surface area (Å²) in [6.45, 7) is 3.31. The average molecular weight is 458 g/mol. The van der Waals surface area contributed by atoms with Gasteiger partial charge < -0.3 is 14.6 Å². The minimum absolute atomic E-state index is 0.0268. The summed E-state index contributed by atoms with van der Waals surface area (Å²) >= 11 is 2.60. The third-order valence-corrected chi connectivity index (χ3v) is 5.86. The number of ether oxygens (including phenoxy) is 2. The molecule has 0 saturated carbocycles. The van der Waals surface area contributed by atoms with E-state index in [1.807, 2.05) is 41.8 Å². The van der Waals surface area contributed by atoms with Gasteiger partial charge in [0.2, 0.25) is 0 Å². The van der Waals surface area contributed by atoms with Gasteiger partial charge in [0.15, 0.2) is 0 Å². The van der Waals surface area contributed by atoms with Crippen molar-refractivity contribution in [1.29, 1.82) is 5.26 Å². The molecular formula is C23H23NO5S2. The lowest BCUT2D eigenvalue weighted by Gasteiger charge is -2.03. The van der Waals surface area contributed by atoms with Crippen LogP contribution in [0, 0.1) is 11.3 Å². The van der Waals surface area contributed by atoms with E-state index in [9.17, 15) is 9.59 Å². The van der Waals surface area contributed by atoms with Crippen molar-refractivity contribution < 1.29 is 24.2 Å². The summed E-state index contributed by atoms with van der Waals surface area (Å²) in [5.41, 5.74) is 2.78. The normalized spacial score (nSPS) is 9.94. The van der Waals surface area contributed by atoms with E-state index in [2.05, 4.69) is 6.07 Å². The largest absolute Gasteiger partial charge is 0.477 e. The van der Waals surface area contributed by atoms with Gasteiger partial charge >= 0.3 is 11.9 Å². The Labute approximate surface area is 189 Å². The predicted octanol–water partition coefficient (Wildman–Crippen LogP) is 4.93. The maximum Gasteiger partial charge on any atom is 0.346 e. The molecule has 0 fully saturated rings. The Morgan fingerprint density at radius 3 is 2.45 bits per heavy atom. The highest BCUT2D eigenvalue weighted by Gasteiger charge is 2.14. The van der Waals surface area contributed by atoms with Gasteiger partial charge in [-0.3, -0.25) is 4.79 Å². The van der Waals surface area contributed by atoms with Crippen molar-refractivity contribution in [2.75, 3.05) is 13.2 Å². The summed E-state index contributed by atoms with van der Waals surface area (Å²) in [7, 11) is 0. The van der Waals surface area contributed by atoms with Gasteiger partial charge in [-0.25, -0.2) is 4.79 Å². The second-order valence-corrected chi connectivity index (χ2v) is 8.07. The first-order chi connectivity index (χ1) is 15.0. The summed E-state index contributed by atoms with van der Waals surface area (Å²) in [5.74, 6) is -1.40. The van der Waals surface area contributed by atoms with Gasteiger partial charge in [-0.05, 0) is 52.9 Å². The van der Waals surface area contributed by atoms with Gasteiger partial charge in [0.1, 0.15) is 15.8 Å². The molecule has 0 aliphatic carbocycles. The lowest BCUT2D eigenvalue weighted by molar-refractivity contribution is -0.142. The lowest BCUT2D eigenvalue weighted by atomic mass is 10.2. The number of carboxylic acid groups (broad SMARTS) is 1. The van der Waals surface area contributed by atoms with E-state index in [4.69, 9.17) is 19.8 Å². The Balaban J connectivity index is 0.000000225. The number of aromatic carboxylic acids is 1. The first-order valence-electron chi connectivity index (χ1n) is 9.58. The van der Waals surface area contributed by atoms with Crippen LogP contribution in [0.3, 0.4) is 0 Å². The number of rotatable bonds is 9. The van der Waals surface area contributed by atoms with E-state index in [-0.39, 0.29) is 11.3 Å². The van der Waals surface area contributed by atoms with Crippen LogP contribution < -0.4 is 0 Å². The first-order valence-corrected chi connectivity index (χ1v) is 11.3. The molecule has 1 aromatic carbocycles. The summed E-state index contributed by atoms with van der Waals surface area (Å²) in [6.07, 6.45) is 0.832. The molecular weight excluding hydrogens is 434 g/mol. The number of carbonyl (C=O) groups excluding carboxylic acids is 1. The number of hydrogen-bond donors (Lipinski definition) is 1. The van der Waals surface area contributed by atoms with Gasteiger partial charge in [0.25, 0.3) is 0 Å². The monoisotopic (exact) mass is 457 g/mol. The van der Waals surface area contributed by atoms with Gasteiger partial charge in [-0.1, -0.05) is 30.3 Å². The van der Waals surface area contributed by atoms with Crippen LogP contribution in [-0.4, -0.2) is 30.3 Å². The molecule has 2 heterocycles. The van der Waals surface area contributed by atoms with Crippen molar-refractivity contribution >= 4 is 34.6 Å². The summed E-state index contributed by atoms with van der Waals surface area (Å²) in [4.78, 5) is 22.8. The van der Waals surface area contributed by atoms with Gasteiger partial charge in [0.05, 0.1) is 26.2 Å². The number of carbonyl (C=O) groups is 2. The van der Waals surface area contributed by atoms with E-state index >= 15 is 0 Å². The van der Waals surface area contributed by atoms with E-state index in [1.54, 1.807) is 18.4 Å². The van der Waals surface area contributed by atoms with Crippen LogP contribution in [0.1, 0.15) is 38.2 Å². The third-order valence-electron chi connectivity index (χ3n) is 4.06. The second-order valence-electron chi connectivity index (χ2n) is 6.24. The number of nitriles is 1. The number of nitrogens with zero attached hydrogens (tertiary/aromatic N) is 1. The van der Waals surface area contributed by atoms with Crippen LogP contribution in [0.2, 0.25) is 0 Å². The molecule has 1 N–H and O–H groups in total. The molecule has 0 amide bonds. The van der Waals surface area contributed by atoms with Crippen LogP contribution in [0.15, 0.2) is 53.2 Å². The Morgan fingerprint density at radius 1 is 1.06 bits per heavy atom. The van der Waals surface area contributed by atoms with E-state index < -0.39 is 11.9 Å². The number of thiophene rings is 2. The zero-order chi connectivity index (χ0) is 22.5. The van der Waals surface area contributed by atoms with Gasteiger partial charge in [0, 0.05) is 0 Å². The molecule has 2 aromatic heterocycles. The minimum Gasteiger partial charge on any atom is -0.477 e. The third kappa shape index (κ3) is 8.34. The van der Waals surface area contributed by atoms with E-state index in [1.165, 1.54) is 16.9 Å². The average Bonchev–Trinajstić information content (AvgIpc) is 3.42. The molecule has 8 heteroatoms. The predicted molar refractivity (Wildman–Crippen MR) is 120 cm³/mol. The van der Waals surface area contributed by atoms with Crippen molar-refractivity contribution in [2.24, 2.45) is 0 Å².